The molecule has 138 valence electrons. The largest absolute Gasteiger partial charge is 0.322 e. The van der Waals surface area contributed by atoms with Gasteiger partial charge in [-0.1, -0.05) is 36.5 Å². The van der Waals surface area contributed by atoms with Crippen molar-refractivity contribution in [2.75, 3.05) is 17.2 Å². The molecule has 0 bridgehead atoms. The first-order valence-corrected chi connectivity index (χ1v) is 9.58. The second kappa shape index (κ2) is 7.82. The van der Waals surface area contributed by atoms with Crippen LogP contribution in [0.25, 0.3) is 0 Å². The van der Waals surface area contributed by atoms with Crippen LogP contribution < -0.4 is 10.6 Å². The van der Waals surface area contributed by atoms with E-state index >= 15 is 0 Å². The standard InChI is InChI=1S/C18H23N5O2S/c1-4-14-21-22-17(26-14)20-16(24)13-9-6-10-23(13)18(25)19-15-11(2)7-5-8-12(15)3/h5,7-8,13H,4,6,9-10H2,1-3H3,(H,19,25)(H,20,22,24)/t13-/m0/s1. The molecule has 1 aromatic heterocycles. The molecule has 1 aliphatic heterocycles. The summed E-state index contributed by atoms with van der Waals surface area (Å²) in [5.41, 5.74) is 2.80. The number of nitrogens with zero attached hydrogens (tertiary/aromatic N) is 3. The lowest BCUT2D eigenvalue weighted by Crippen LogP contribution is -2.45. The minimum Gasteiger partial charge on any atom is -0.312 e. The van der Waals surface area contributed by atoms with Gasteiger partial charge in [-0.15, -0.1) is 10.2 Å². The van der Waals surface area contributed by atoms with E-state index in [1.54, 1.807) is 4.90 Å². The predicted molar refractivity (Wildman–Crippen MR) is 103 cm³/mol. The molecule has 0 saturated carbocycles. The summed E-state index contributed by atoms with van der Waals surface area (Å²) in [6.07, 6.45) is 2.22. The zero-order valence-corrected chi connectivity index (χ0v) is 16.0. The van der Waals surface area contributed by atoms with Gasteiger partial charge in [-0.25, -0.2) is 4.79 Å². The molecule has 0 radical (unpaired) electrons. The van der Waals surface area contributed by atoms with Gasteiger partial charge < -0.3 is 10.2 Å². The van der Waals surface area contributed by atoms with Crippen molar-refractivity contribution in [1.29, 1.82) is 0 Å². The highest BCUT2D eigenvalue weighted by molar-refractivity contribution is 7.15. The molecule has 2 heterocycles. The number of likely N-dealkylation sites (tertiary alicyclic amines) is 1. The van der Waals surface area contributed by atoms with Crippen molar-refractivity contribution in [3.63, 3.8) is 0 Å². The third-order valence-electron chi connectivity index (χ3n) is 4.53. The van der Waals surface area contributed by atoms with Crippen LogP contribution in [0, 0.1) is 13.8 Å². The van der Waals surface area contributed by atoms with E-state index in [4.69, 9.17) is 0 Å². The predicted octanol–water partition coefficient (Wildman–Crippen LogP) is 3.35. The maximum Gasteiger partial charge on any atom is 0.322 e. The number of aryl methyl sites for hydroxylation is 3. The molecule has 26 heavy (non-hydrogen) atoms. The van der Waals surface area contributed by atoms with Gasteiger partial charge in [0.15, 0.2) is 0 Å². The van der Waals surface area contributed by atoms with Crippen LogP contribution in [0.15, 0.2) is 18.2 Å². The molecule has 0 unspecified atom stereocenters. The summed E-state index contributed by atoms with van der Waals surface area (Å²) in [6.45, 7) is 6.46. The van der Waals surface area contributed by atoms with Crippen molar-refractivity contribution in [2.24, 2.45) is 0 Å². The van der Waals surface area contributed by atoms with Gasteiger partial charge in [0.25, 0.3) is 0 Å². The fourth-order valence-electron chi connectivity index (χ4n) is 3.11. The van der Waals surface area contributed by atoms with Gasteiger partial charge in [-0.2, -0.15) is 0 Å². The Morgan fingerprint density at radius 3 is 2.62 bits per heavy atom. The molecule has 1 fully saturated rings. The molecule has 1 atom stereocenters. The fourth-order valence-corrected chi connectivity index (χ4v) is 3.79. The highest BCUT2D eigenvalue weighted by Crippen LogP contribution is 2.24. The smallest absolute Gasteiger partial charge is 0.312 e. The number of nitrogens with one attached hydrogen (secondary N) is 2. The van der Waals surface area contributed by atoms with Gasteiger partial charge in [-0.3, -0.25) is 10.1 Å². The summed E-state index contributed by atoms with van der Waals surface area (Å²) in [7, 11) is 0. The first-order chi connectivity index (χ1) is 12.5. The Kier molecular flexibility index (Phi) is 5.51. The van der Waals surface area contributed by atoms with E-state index in [9.17, 15) is 9.59 Å². The highest BCUT2D eigenvalue weighted by atomic mass is 32.1. The average molecular weight is 373 g/mol. The molecule has 2 N–H and O–H groups in total. The van der Waals surface area contributed by atoms with Crippen molar-refractivity contribution >= 4 is 34.1 Å². The van der Waals surface area contributed by atoms with E-state index in [1.165, 1.54) is 11.3 Å². The van der Waals surface area contributed by atoms with E-state index in [0.717, 1.165) is 34.7 Å². The van der Waals surface area contributed by atoms with Gasteiger partial charge in [-0.05, 0) is 44.2 Å². The molecule has 1 aromatic carbocycles. The third-order valence-corrected chi connectivity index (χ3v) is 5.51. The summed E-state index contributed by atoms with van der Waals surface area (Å²) >= 11 is 1.36. The molecule has 0 aliphatic carbocycles. The lowest BCUT2D eigenvalue weighted by atomic mass is 10.1. The number of carbonyl (C=O) groups excluding carboxylic acids is 2. The maximum atomic E-state index is 12.7. The van der Waals surface area contributed by atoms with Gasteiger partial charge in [0.05, 0.1) is 0 Å². The Bertz CT molecular complexity index is 799. The summed E-state index contributed by atoms with van der Waals surface area (Å²) in [5, 5.41) is 15.1. The number of para-hydroxylation sites is 1. The van der Waals surface area contributed by atoms with Crippen LogP contribution in [0.2, 0.25) is 0 Å². The van der Waals surface area contributed by atoms with E-state index in [0.29, 0.717) is 18.1 Å². The van der Waals surface area contributed by atoms with Crippen molar-refractivity contribution < 1.29 is 9.59 Å². The number of hydrogen-bond acceptors (Lipinski definition) is 5. The SMILES string of the molecule is CCc1nnc(NC(=O)[C@@H]2CCCN2C(=O)Nc2c(C)cccc2C)s1. The number of rotatable bonds is 4. The highest BCUT2D eigenvalue weighted by Gasteiger charge is 2.34. The van der Waals surface area contributed by atoms with Gasteiger partial charge in [0.2, 0.25) is 11.0 Å². The summed E-state index contributed by atoms with van der Waals surface area (Å²) in [4.78, 5) is 27.0. The lowest BCUT2D eigenvalue weighted by molar-refractivity contribution is -0.119. The first kappa shape index (κ1) is 18.3. The number of aromatic nitrogens is 2. The Morgan fingerprint density at radius 2 is 1.96 bits per heavy atom. The van der Waals surface area contributed by atoms with Crippen molar-refractivity contribution in [1.82, 2.24) is 15.1 Å². The van der Waals surface area contributed by atoms with Crippen molar-refractivity contribution in [2.45, 2.75) is 46.1 Å². The molecular weight excluding hydrogens is 350 g/mol. The van der Waals surface area contributed by atoms with Crippen LogP contribution in [0.5, 0.6) is 0 Å². The summed E-state index contributed by atoms with van der Waals surface area (Å²) in [6, 6.07) is 5.13. The Morgan fingerprint density at radius 1 is 1.23 bits per heavy atom. The van der Waals surface area contributed by atoms with Gasteiger partial charge in [0.1, 0.15) is 11.0 Å². The van der Waals surface area contributed by atoms with Crippen LogP contribution in [0.3, 0.4) is 0 Å². The number of benzene rings is 1. The van der Waals surface area contributed by atoms with E-state index in [2.05, 4.69) is 20.8 Å². The second-order valence-electron chi connectivity index (χ2n) is 6.39. The molecule has 7 nitrogen and oxygen atoms in total. The van der Waals surface area contributed by atoms with E-state index < -0.39 is 6.04 Å². The Labute approximate surface area is 156 Å². The minimum atomic E-state index is -0.492. The van der Waals surface area contributed by atoms with E-state index in [-0.39, 0.29) is 11.9 Å². The second-order valence-corrected chi connectivity index (χ2v) is 7.45. The lowest BCUT2D eigenvalue weighted by Gasteiger charge is -2.24. The molecule has 2 aromatic rings. The van der Waals surface area contributed by atoms with Crippen LogP contribution >= 0.6 is 11.3 Å². The van der Waals surface area contributed by atoms with Crippen LogP contribution in [0.1, 0.15) is 35.9 Å². The quantitative estimate of drug-likeness (QED) is 0.860. The number of amides is 3. The molecule has 3 amide bonds. The van der Waals surface area contributed by atoms with Crippen LogP contribution in [-0.4, -0.2) is 39.6 Å². The van der Waals surface area contributed by atoms with Crippen LogP contribution in [-0.2, 0) is 11.2 Å². The molecule has 3 rings (SSSR count). The zero-order chi connectivity index (χ0) is 18.7. The number of urea groups is 1. The van der Waals surface area contributed by atoms with Crippen molar-refractivity contribution in [3.05, 3.63) is 34.3 Å². The zero-order valence-electron chi connectivity index (χ0n) is 15.2. The summed E-state index contributed by atoms with van der Waals surface area (Å²) < 4.78 is 0. The first-order valence-electron chi connectivity index (χ1n) is 8.76. The Balaban J connectivity index is 1.69. The molecule has 8 heteroatoms. The summed E-state index contributed by atoms with van der Waals surface area (Å²) in [5.74, 6) is -0.210. The molecule has 0 spiro atoms. The number of hydrogen-bond donors (Lipinski definition) is 2. The third kappa shape index (κ3) is 3.85. The van der Waals surface area contributed by atoms with Crippen molar-refractivity contribution in [3.8, 4) is 0 Å². The topological polar surface area (TPSA) is 87.2 Å². The fraction of sp³-hybridized carbons (Fsp3) is 0.444. The molecule has 1 saturated heterocycles. The Hall–Kier alpha value is -2.48. The van der Waals surface area contributed by atoms with Gasteiger partial charge in [0, 0.05) is 12.2 Å². The monoisotopic (exact) mass is 373 g/mol. The minimum absolute atomic E-state index is 0.210. The number of carbonyl (C=O) groups is 2. The van der Waals surface area contributed by atoms with Gasteiger partial charge >= 0.3 is 6.03 Å². The molecule has 1 aliphatic rings. The van der Waals surface area contributed by atoms with E-state index in [1.807, 2.05) is 39.0 Å². The number of anilines is 2. The molecular formula is C18H23N5O2S. The average Bonchev–Trinajstić information content (AvgIpc) is 3.27. The maximum absolute atomic E-state index is 12.7. The van der Waals surface area contributed by atoms with Crippen LogP contribution in [0.4, 0.5) is 15.6 Å². The normalized spacial score (nSPS) is 16.6.